The van der Waals surface area contributed by atoms with Crippen LogP contribution in [0.3, 0.4) is 0 Å². The lowest BCUT2D eigenvalue weighted by atomic mass is 9.80. The Bertz CT molecular complexity index is 414. The number of hydrogen-bond acceptors (Lipinski definition) is 3. The van der Waals surface area contributed by atoms with Crippen LogP contribution < -0.4 is 0 Å². The van der Waals surface area contributed by atoms with E-state index in [2.05, 4.69) is 53.7 Å². The fourth-order valence-electron chi connectivity index (χ4n) is 5.06. The molecule has 2 unspecified atom stereocenters. The highest BCUT2D eigenvalue weighted by Crippen LogP contribution is 2.42. The maximum atomic E-state index is 6.36. The summed E-state index contributed by atoms with van der Waals surface area (Å²) in [5.74, 6) is 0.0767. The second-order valence-electron chi connectivity index (χ2n) is 8.98. The van der Waals surface area contributed by atoms with Gasteiger partial charge in [-0.1, -0.05) is 90.7 Å². The van der Waals surface area contributed by atoms with Crippen molar-refractivity contribution >= 4 is 0 Å². The largest absolute Gasteiger partial charge is 0.373 e. The third-order valence-corrected chi connectivity index (χ3v) is 6.88. The fraction of sp³-hybridized carbons (Fsp3) is 0.929. The SMILES string of the molecule is CC=CC(CC)CCCCCC(CCCCCCCC)(OC)C(CC)(OCC)OCC. The number of unbranched alkanes of at least 4 members (excludes halogenated alkanes) is 7. The molecule has 0 fully saturated rings. The van der Waals surface area contributed by atoms with Crippen LogP contribution in [0.4, 0.5) is 0 Å². The van der Waals surface area contributed by atoms with E-state index in [1.165, 1.54) is 64.2 Å². The molecular formula is C28H56O3. The molecule has 0 heterocycles. The highest BCUT2D eigenvalue weighted by Gasteiger charge is 2.52. The van der Waals surface area contributed by atoms with E-state index in [-0.39, 0.29) is 5.60 Å². The number of methoxy groups -OCH3 is 1. The Morgan fingerprint density at radius 2 is 1.29 bits per heavy atom. The molecule has 0 bridgehead atoms. The molecule has 0 rings (SSSR count). The van der Waals surface area contributed by atoms with Gasteiger partial charge in [0.25, 0.3) is 0 Å². The molecule has 0 aliphatic rings. The van der Waals surface area contributed by atoms with E-state index < -0.39 is 5.79 Å². The predicted octanol–water partition coefficient (Wildman–Crippen LogP) is 8.85. The zero-order valence-corrected chi connectivity index (χ0v) is 22.3. The highest BCUT2D eigenvalue weighted by molar-refractivity contribution is 4.96. The van der Waals surface area contributed by atoms with Gasteiger partial charge >= 0.3 is 0 Å². The maximum absolute atomic E-state index is 6.36. The number of rotatable bonds is 22. The molecule has 0 saturated carbocycles. The quantitative estimate of drug-likeness (QED) is 0.0955. The summed E-state index contributed by atoms with van der Waals surface area (Å²) in [7, 11) is 1.87. The summed E-state index contributed by atoms with van der Waals surface area (Å²) in [4.78, 5) is 0. The van der Waals surface area contributed by atoms with Crippen molar-refractivity contribution in [3.05, 3.63) is 12.2 Å². The molecule has 0 aromatic carbocycles. The van der Waals surface area contributed by atoms with E-state index in [1.807, 2.05) is 7.11 Å². The lowest BCUT2D eigenvalue weighted by molar-refractivity contribution is -0.331. The van der Waals surface area contributed by atoms with Gasteiger partial charge in [0.05, 0.1) is 0 Å². The zero-order valence-electron chi connectivity index (χ0n) is 22.3. The van der Waals surface area contributed by atoms with Crippen LogP contribution >= 0.6 is 0 Å². The van der Waals surface area contributed by atoms with Crippen LogP contribution in [0.25, 0.3) is 0 Å². The molecule has 3 heteroatoms. The first-order chi connectivity index (χ1) is 15.0. The molecule has 0 aromatic heterocycles. The number of hydrogen-bond donors (Lipinski definition) is 0. The van der Waals surface area contributed by atoms with Gasteiger partial charge in [-0.3, -0.25) is 0 Å². The Labute approximate surface area is 195 Å². The predicted molar refractivity (Wildman–Crippen MR) is 136 cm³/mol. The summed E-state index contributed by atoms with van der Waals surface area (Å²) in [6, 6.07) is 0. The minimum atomic E-state index is -0.647. The standard InChI is InChI=1S/C28H56O3/c1-8-14-15-16-17-20-24-27(29-7,28(11-4,30-12-5)31-13-6)25-21-18-19-23-26(10-3)22-9-2/h9,22,26H,8,10-21,23-25H2,1-7H3. The fourth-order valence-corrected chi connectivity index (χ4v) is 5.06. The first-order valence-corrected chi connectivity index (χ1v) is 13.5. The van der Waals surface area contributed by atoms with Gasteiger partial charge in [-0.05, 0) is 52.4 Å². The summed E-state index contributed by atoms with van der Waals surface area (Å²) in [6.45, 7) is 14.3. The van der Waals surface area contributed by atoms with Crippen molar-refractivity contribution in [3.8, 4) is 0 Å². The Morgan fingerprint density at radius 3 is 1.74 bits per heavy atom. The number of ether oxygens (including phenoxy) is 3. The molecular weight excluding hydrogens is 384 g/mol. The third-order valence-electron chi connectivity index (χ3n) is 6.88. The minimum Gasteiger partial charge on any atom is -0.373 e. The molecule has 3 nitrogen and oxygen atoms in total. The molecule has 2 atom stereocenters. The third kappa shape index (κ3) is 10.9. The Hall–Kier alpha value is -0.380. The topological polar surface area (TPSA) is 27.7 Å². The molecule has 0 radical (unpaired) electrons. The van der Waals surface area contributed by atoms with Gasteiger partial charge in [-0.15, -0.1) is 0 Å². The Morgan fingerprint density at radius 1 is 0.742 bits per heavy atom. The summed E-state index contributed by atoms with van der Waals surface area (Å²) in [5, 5.41) is 0. The summed E-state index contributed by atoms with van der Waals surface area (Å²) >= 11 is 0. The second-order valence-corrected chi connectivity index (χ2v) is 8.98. The van der Waals surface area contributed by atoms with Crippen LogP contribution in [-0.2, 0) is 14.2 Å². The second kappa shape index (κ2) is 19.1. The molecule has 0 aliphatic carbocycles. The molecule has 31 heavy (non-hydrogen) atoms. The van der Waals surface area contributed by atoms with Crippen molar-refractivity contribution in [2.75, 3.05) is 20.3 Å². The highest BCUT2D eigenvalue weighted by atomic mass is 16.7. The van der Waals surface area contributed by atoms with Crippen molar-refractivity contribution in [1.29, 1.82) is 0 Å². The van der Waals surface area contributed by atoms with Crippen LogP contribution in [0, 0.1) is 5.92 Å². The monoisotopic (exact) mass is 440 g/mol. The van der Waals surface area contributed by atoms with Crippen LogP contribution in [0.15, 0.2) is 12.2 Å². The Balaban J connectivity index is 5.16. The zero-order chi connectivity index (χ0) is 23.4. The van der Waals surface area contributed by atoms with Gasteiger partial charge in [0.1, 0.15) is 5.60 Å². The van der Waals surface area contributed by atoms with Crippen LogP contribution in [-0.4, -0.2) is 31.7 Å². The Kier molecular flexibility index (Phi) is 18.9. The summed E-state index contributed by atoms with van der Waals surface area (Å²) < 4.78 is 19.1. The van der Waals surface area contributed by atoms with Gasteiger partial charge in [0.2, 0.25) is 0 Å². The maximum Gasteiger partial charge on any atom is 0.197 e. The molecule has 0 spiro atoms. The first kappa shape index (κ1) is 30.6. The lowest BCUT2D eigenvalue weighted by Crippen LogP contribution is -2.58. The van der Waals surface area contributed by atoms with E-state index in [0.717, 1.165) is 31.6 Å². The molecule has 186 valence electrons. The smallest absolute Gasteiger partial charge is 0.197 e. The molecule has 0 saturated heterocycles. The average molecular weight is 441 g/mol. The van der Waals surface area contributed by atoms with Crippen LogP contribution in [0.5, 0.6) is 0 Å². The molecule has 0 aromatic rings. The van der Waals surface area contributed by atoms with E-state index in [9.17, 15) is 0 Å². The van der Waals surface area contributed by atoms with Crippen molar-refractivity contribution in [1.82, 2.24) is 0 Å². The van der Waals surface area contributed by atoms with Gasteiger partial charge in [-0.2, -0.15) is 0 Å². The van der Waals surface area contributed by atoms with Gasteiger partial charge in [-0.25, -0.2) is 0 Å². The van der Waals surface area contributed by atoms with E-state index in [1.54, 1.807) is 0 Å². The minimum absolute atomic E-state index is 0.369. The van der Waals surface area contributed by atoms with Crippen molar-refractivity contribution in [2.45, 2.75) is 143 Å². The van der Waals surface area contributed by atoms with E-state index in [0.29, 0.717) is 13.2 Å². The van der Waals surface area contributed by atoms with E-state index >= 15 is 0 Å². The normalized spacial score (nSPS) is 15.5. The van der Waals surface area contributed by atoms with Crippen molar-refractivity contribution < 1.29 is 14.2 Å². The van der Waals surface area contributed by atoms with Gasteiger partial charge in [0, 0.05) is 26.7 Å². The van der Waals surface area contributed by atoms with Gasteiger partial charge < -0.3 is 14.2 Å². The van der Waals surface area contributed by atoms with E-state index in [4.69, 9.17) is 14.2 Å². The van der Waals surface area contributed by atoms with Crippen LogP contribution in [0.1, 0.15) is 131 Å². The molecule has 0 amide bonds. The molecule has 0 aliphatic heterocycles. The van der Waals surface area contributed by atoms with Crippen molar-refractivity contribution in [2.24, 2.45) is 5.92 Å². The lowest BCUT2D eigenvalue weighted by Gasteiger charge is -2.49. The summed E-state index contributed by atoms with van der Waals surface area (Å²) in [5.41, 5.74) is -0.369. The van der Waals surface area contributed by atoms with Gasteiger partial charge in [0.15, 0.2) is 5.79 Å². The van der Waals surface area contributed by atoms with Crippen LogP contribution in [0.2, 0.25) is 0 Å². The summed E-state index contributed by atoms with van der Waals surface area (Å²) in [6.07, 6.45) is 21.4. The number of allylic oxidation sites excluding steroid dienone is 2. The average Bonchev–Trinajstić information content (AvgIpc) is 2.78. The first-order valence-electron chi connectivity index (χ1n) is 13.5. The van der Waals surface area contributed by atoms with Crippen molar-refractivity contribution in [3.63, 3.8) is 0 Å². The molecule has 0 N–H and O–H groups in total.